The van der Waals surface area contributed by atoms with Gasteiger partial charge >= 0.3 is 5.97 Å². The van der Waals surface area contributed by atoms with Crippen LogP contribution in [0.25, 0.3) is 0 Å². The van der Waals surface area contributed by atoms with Crippen molar-refractivity contribution in [2.45, 2.75) is 12.5 Å². The maximum Gasteiger partial charge on any atom is 0.322 e. The molecule has 1 saturated heterocycles. The summed E-state index contributed by atoms with van der Waals surface area (Å²) in [5.74, 6) is -0.316. The summed E-state index contributed by atoms with van der Waals surface area (Å²) in [6, 6.07) is -0.477. The van der Waals surface area contributed by atoms with Gasteiger partial charge in [-0.3, -0.25) is 4.79 Å². The predicted molar refractivity (Wildman–Crippen MR) is 58.5 cm³/mol. The van der Waals surface area contributed by atoms with Crippen molar-refractivity contribution < 1.29 is 9.53 Å². The smallest absolute Gasteiger partial charge is 0.322 e. The Morgan fingerprint density at radius 2 is 2.00 bits per heavy atom. The van der Waals surface area contributed by atoms with Gasteiger partial charge in [0, 0.05) is 32.7 Å². The zero-order valence-electron chi connectivity index (χ0n) is 9.61. The summed E-state index contributed by atoms with van der Waals surface area (Å²) in [5.41, 5.74) is 5.66. The fourth-order valence-electron chi connectivity index (χ4n) is 1.66. The van der Waals surface area contributed by atoms with Crippen molar-refractivity contribution in [3.8, 4) is 0 Å². The number of nitrogens with zero attached hydrogens (tertiary/aromatic N) is 2. The van der Waals surface area contributed by atoms with Gasteiger partial charge in [-0.2, -0.15) is 0 Å². The molecule has 5 heteroatoms. The lowest BCUT2D eigenvalue weighted by Gasteiger charge is -2.32. The molecular weight excluding hydrogens is 194 g/mol. The highest BCUT2D eigenvalue weighted by Gasteiger charge is 2.17. The van der Waals surface area contributed by atoms with E-state index in [2.05, 4.69) is 21.6 Å². The molecule has 0 radical (unpaired) electrons. The summed E-state index contributed by atoms with van der Waals surface area (Å²) in [7, 11) is 3.50. The number of carbonyl (C=O) groups excluding carboxylic acids is 1. The number of esters is 1. The molecule has 1 fully saturated rings. The zero-order valence-corrected chi connectivity index (χ0v) is 9.61. The Morgan fingerprint density at radius 1 is 1.40 bits per heavy atom. The standard InChI is InChI=1S/C10H21N3O2/c1-12-5-7-13(8-6-12)4-3-9(11)10(14)15-2/h9H,3-8,11H2,1-2H3. The molecule has 0 aliphatic carbocycles. The molecule has 88 valence electrons. The van der Waals surface area contributed by atoms with Gasteiger partial charge in [0.05, 0.1) is 7.11 Å². The molecule has 5 nitrogen and oxygen atoms in total. The fourth-order valence-corrected chi connectivity index (χ4v) is 1.66. The number of carbonyl (C=O) groups is 1. The lowest BCUT2D eigenvalue weighted by molar-refractivity contribution is -0.142. The van der Waals surface area contributed by atoms with Gasteiger partial charge in [0.1, 0.15) is 6.04 Å². The van der Waals surface area contributed by atoms with Crippen LogP contribution in [0.4, 0.5) is 0 Å². The first-order chi connectivity index (χ1) is 7.13. The molecular formula is C10H21N3O2. The van der Waals surface area contributed by atoms with E-state index in [1.165, 1.54) is 7.11 Å². The Balaban J connectivity index is 2.17. The van der Waals surface area contributed by atoms with Crippen LogP contribution in [0.3, 0.4) is 0 Å². The fraction of sp³-hybridized carbons (Fsp3) is 0.900. The summed E-state index contributed by atoms with van der Waals surface area (Å²) >= 11 is 0. The van der Waals surface area contributed by atoms with Crippen LogP contribution in [0.2, 0.25) is 0 Å². The lowest BCUT2D eigenvalue weighted by Crippen LogP contribution is -2.46. The minimum atomic E-state index is -0.477. The number of hydrogen-bond donors (Lipinski definition) is 1. The molecule has 1 unspecified atom stereocenters. The number of rotatable bonds is 4. The Kier molecular flexibility index (Phi) is 5.01. The van der Waals surface area contributed by atoms with E-state index in [4.69, 9.17) is 5.73 Å². The molecule has 0 spiro atoms. The summed E-state index contributed by atoms with van der Waals surface area (Å²) in [6.07, 6.45) is 0.677. The largest absolute Gasteiger partial charge is 0.468 e. The second-order valence-corrected chi connectivity index (χ2v) is 4.06. The second-order valence-electron chi connectivity index (χ2n) is 4.06. The molecule has 0 amide bonds. The summed E-state index contributed by atoms with van der Waals surface area (Å²) in [4.78, 5) is 15.7. The van der Waals surface area contributed by atoms with Gasteiger partial charge in [0.2, 0.25) is 0 Å². The number of likely N-dealkylation sites (N-methyl/N-ethyl adjacent to an activating group) is 1. The van der Waals surface area contributed by atoms with Gasteiger partial charge in [-0.15, -0.1) is 0 Å². The van der Waals surface area contributed by atoms with E-state index in [1.807, 2.05) is 0 Å². The van der Waals surface area contributed by atoms with Crippen molar-refractivity contribution in [3.63, 3.8) is 0 Å². The maximum absolute atomic E-state index is 11.1. The van der Waals surface area contributed by atoms with Gasteiger partial charge in [-0.25, -0.2) is 0 Å². The minimum absolute atomic E-state index is 0.316. The summed E-state index contributed by atoms with van der Waals surface area (Å²) < 4.78 is 4.58. The van der Waals surface area contributed by atoms with E-state index >= 15 is 0 Å². The van der Waals surface area contributed by atoms with Gasteiger partial charge in [0.15, 0.2) is 0 Å². The number of methoxy groups -OCH3 is 1. The third-order valence-corrected chi connectivity index (χ3v) is 2.86. The Labute approximate surface area is 91.2 Å². The number of ether oxygens (including phenoxy) is 1. The van der Waals surface area contributed by atoms with E-state index in [1.54, 1.807) is 0 Å². The van der Waals surface area contributed by atoms with Crippen molar-refractivity contribution in [1.82, 2.24) is 9.80 Å². The second kappa shape index (κ2) is 6.05. The monoisotopic (exact) mass is 215 g/mol. The average Bonchev–Trinajstić information content (AvgIpc) is 2.26. The molecule has 0 aromatic rings. The molecule has 1 atom stereocenters. The molecule has 1 aliphatic heterocycles. The normalized spacial score (nSPS) is 21.3. The molecule has 1 heterocycles. The average molecular weight is 215 g/mol. The lowest BCUT2D eigenvalue weighted by atomic mass is 10.2. The highest BCUT2D eigenvalue weighted by molar-refractivity contribution is 5.75. The molecule has 15 heavy (non-hydrogen) atoms. The van der Waals surface area contributed by atoms with E-state index in [0.29, 0.717) is 6.42 Å². The first-order valence-electron chi connectivity index (χ1n) is 5.38. The maximum atomic E-state index is 11.1. The van der Waals surface area contributed by atoms with Gasteiger partial charge < -0.3 is 20.3 Å². The van der Waals surface area contributed by atoms with Crippen LogP contribution in [0.5, 0.6) is 0 Å². The van der Waals surface area contributed by atoms with E-state index in [-0.39, 0.29) is 5.97 Å². The van der Waals surface area contributed by atoms with Crippen molar-refractivity contribution in [1.29, 1.82) is 0 Å². The number of nitrogens with two attached hydrogens (primary N) is 1. The van der Waals surface area contributed by atoms with Gasteiger partial charge in [-0.05, 0) is 13.5 Å². The zero-order chi connectivity index (χ0) is 11.3. The number of hydrogen-bond acceptors (Lipinski definition) is 5. The van der Waals surface area contributed by atoms with E-state index < -0.39 is 6.04 Å². The van der Waals surface area contributed by atoms with Crippen LogP contribution < -0.4 is 5.73 Å². The van der Waals surface area contributed by atoms with E-state index in [9.17, 15) is 4.79 Å². The molecule has 0 saturated carbocycles. The van der Waals surface area contributed by atoms with Crippen molar-refractivity contribution in [3.05, 3.63) is 0 Å². The molecule has 1 aliphatic rings. The van der Waals surface area contributed by atoms with E-state index in [0.717, 1.165) is 32.7 Å². The first-order valence-corrected chi connectivity index (χ1v) is 5.38. The Morgan fingerprint density at radius 3 is 2.53 bits per heavy atom. The van der Waals surface area contributed by atoms with Gasteiger partial charge in [-0.1, -0.05) is 0 Å². The van der Waals surface area contributed by atoms with Crippen LogP contribution in [-0.4, -0.2) is 68.7 Å². The molecule has 0 aromatic heterocycles. The van der Waals surface area contributed by atoms with Crippen molar-refractivity contribution in [2.75, 3.05) is 46.9 Å². The highest BCUT2D eigenvalue weighted by atomic mass is 16.5. The predicted octanol–water partition coefficient (Wildman–Crippen LogP) is -0.876. The SMILES string of the molecule is COC(=O)C(N)CCN1CCN(C)CC1. The van der Waals surface area contributed by atoms with Gasteiger partial charge in [0.25, 0.3) is 0 Å². The summed E-state index contributed by atoms with van der Waals surface area (Å²) in [6.45, 7) is 5.18. The van der Waals surface area contributed by atoms with Crippen LogP contribution in [0.15, 0.2) is 0 Å². The van der Waals surface area contributed by atoms with Crippen LogP contribution >= 0.6 is 0 Å². The molecule has 0 aromatic carbocycles. The highest BCUT2D eigenvalue weighted by Crippen LogP contribution is 2.01. The van der Waals surface area contributed by atoms with Crippen molar-refractivity contribution >= 4 is 5.97 Å². The quantitative estimate of drug-likeness (QED) is 0.617. The van der Waals surface area contributed by atoms with Crippen LogP contribution in [0.1, 0.15) is 6.42 Å². The van der Waals surface area contributed by atoms with Crippen LogP contribution in [0, 0.1) is 0 Å². The third-order valence-electron chi connectivity index (χ3n) is 2.86. The Hall–Kier alpha value is -0.650. The van der Waals surface area contributed by atoms with Crippen LogP contribution in [-0.2, 0) is 9.53 Å². The Bertz CT molecular complexity index is 203. The topological polar surface area (TPSA) is 58.8 Å². The summed E-state index contributed by atoms with van der Waals surface area (Å²) in [5, 5.41) is 0. The first kappa shape index (κ1) is 12.4. The molecule has 1 rings (SSSR count). The minimum Gasteiger partial charge on any atom is -0.468 e. The molecule has 2 N–H and O–H groups in total. The number of piperazine rings is 1. The third kappa shape index (κ3) is 4.15. The molecule has 0 bridgehead atoms. The van der Waals surface area contributed by atoms with Crippen molar-refractivity contribution in [2.24, 2.45) is 5.73 Å².